The molecule has 0 aliphatic carbocycles. The largest absolute Gasteiger partial charge is 0.507 e. The third kappa shape index (κ3) is 4.35. The van der Waals surface area contributed by atoms with Gasteiger partial charge < -0.3 is 19.7 Å². The van der Waals surface area contributed by atoms with Gasteiger partial charge in [0.2, 0.25) is 0 Å². The van der Waals surface area contributed by atoms with Crippen molar-refractivity contribution in [3.05, 3.63) is 58.7 Å². The highest BCUT2D eigenvalue weighted by Gasteiger charge is 2.37. The molecule has 0 fully saturated rings. The van der Waals surface area contributed by atoms with E-state index in [9.17, 15) is 15.0 Å². The number of phenols is 1. The molecule has 7 heteroatoms. The van der Waals surface area contributed by atoms with Gasteiger partial charge in [-0.15, -0.1) is 23.5 Å². The van der Waals surface area contributed by atoms with Gasteiger partial charge in [0, 0.05) is 17.5 Å². The van der Waals surface area contributed by atoms with E-state index in [-0.39, 0.29) is 15.4 Å². The summed E-state index contributed by atoms with van der Waals surface area (Å²) in [6.45, 7) is 0.668. The van der Waals surface area contributed by atoms with Crippen LogP contribution < -0.4 is 4.74 Å². The van der Waals surface area contributed by atoms with Crippen LogP contribution in [-0.2, 0) is 8.82 Å². The molecule has 2 aromatic rings. The Morgan fingerprint density at radius 1 is 1.24 bits per heavy atom. The van der Waals surface area contributed by atoms with Gasteiger partial charge >= 0.3 is 5.97 Å². The molecule has 1 aliphatic heterocycles. The van der Waals surface area contributed by atoms with Crippen LogP contribution in [0.25, 0.3) is 0 Å². The van der Waals surface area contributed by atoms with Gasteiger partial charge in [-0.2, -0.15) is 0 Å². The van der Waals surface area contributed by atoms with Crippen molar-refractivity contribution in [2.75, 3.05) is 26.2 Å². The highest BCUT2D eigenvalue weighted by atomic mass is 32.2. The number of aromatic hydroxyl groups is 1. The van der Waals surface area contributed by atoms with Crippen LogP contribution in [0.5, 0.6) is 11.5 Å². The Hall–Kier alpha value is -2.27. The molecule has 1 atom stereocenters. The third-order valence-corrected chi connectivity index (χ3v) is 8.00. The summed E-state index contributed by atoms with van der Waals surface area (Å²) in [5.41, 5.74) is 2.30. The summed E-state index contributed by atoms with van der Waals surface area (Å²) in [6.07, 6.45) is 4.06. The molecule has 0 aromatic heterocycles. The lowest BCUT2D eigenvalue weighted by Crippen LogP contribution is -2.26. The van der Waals surface area contributed by atoms with Crippen LogP contribution in [0.2, 0.25) is 0 Å². The van der Waals surface area contributed by atoms with Gasteiger partial charge in [-0.1, -0.05) is 17.9 Å². The van der Waals surface area contributed by atoms with Crippen molar-refractivity contribution >= 4 is 29.5 Å². The molecule has 5 nitrogen and oxygen atoms in total. The van der Waals surface area contributed by atoms with Crippen molar-refractivity contribution in [2.24, 2.45) is 0 Å². The summed E-state index contributed by atoms with van der Waals surface area (Å²) in [5, 5.41) is 20.6. The SMILES string of the molecule is COC(=O)c1ccc(C#CC(O)c2ccc3c(c2)C(SC)(SC)CCO3)cc1O. The summed E-state index contributed by atoms with van der Waals surface area (Å²) < 4.78 is 10.3. The van der Waals surface area contributed by atoms with Crippen LogP contribution in [0.3, 0.4) is 0 Å². The van der Waals surface area contributed by atoms with E-state index in [0.29, 0.717) is 17.7 Å². The van der Waals surface area contributed by atoms with E-state index < -0.39 is 12.1 Å². The monoisotopic (exact) mass is 430 g/mol. The predicted molar refractivity (Wildman–Crippen MR) is 117 cm³/mol. The standard InChI is InChI=1S/C22H22O5S2/c1-26-21(25)16-7-4-14(12-19(16)24)5-8-18(23)15-6-9-20-17(13-15)22(28-2,29-3)10-11-27-20/h4,6-7,9,12-13,18,23-24H,10-11H2,1-3H3. The van der Waals surface area contributed by atoms with Crippen LogP contribution in [0, 0.1) is 11.8 Å². The summed E-state index contributed by atoms with van der Waals surface area (Å²) >= 11 is 3.55. The Bertz CT molecular complexity index is 973. The Kier molecular flexibility index (Phi) is 6.68. The minimum atomic E-state index is -0.994. The number of phenolic OH excluding ortho intramolecular Hbond substituents is 1. The Balaban J connectivity index is 1.87. The Labute approximate surface area is 178 Å². The number of hydrogen-bond acceptors (Lipinski definition) is 7. The quantitative estimate of drug-likeness (QED) is 0.432. The molecule has 0 bridgehead atoms. The van der Waals surface area contributed by atoms with E-state index in [1.54, 1.807) is 29.6 Å². The number of rotatable bonds is 4. The molecule has 2 N–H and O–H groups in total. The van der Waals surface area contributed by atoms with Gasteiger partial charge in [-0.3, -0.25) is 0 Å². The highest BCUT2D eigenvalue weighted by Crippen LogP contribution is 2.52. The third-order valence-electron chi connectivity index (χ3n) is 4.83. The normalized spacial score (nSPS) is 15.3. The Morgan fingerprint density at radius 3 is 2.66 bits per heavy atom. The molecule has 0 saturated heterocycles. The van der Waals surface area contributed by atoms with Gasteiger partial charge in [-0.05, 0) is 48.4 Å². The maximum absolute atomic E-state index is 11.5. The van der Waals surface area contributed by atoms with Crippen LogP contribution in [-0.4, -0.2) is 42.4 Å². The van der Waals surface area contributed by atoms with Crippen LogP contribution in [0.15, 0.2) is 36.4 Å². The van der Waals surface area contributed by atoms with Crippen molar-refractivity contribution in [1.82, 2.24) is 0 Å². The molecule has 2 aromatic carbocycles. The molecular weight excluding hydrogens is 408 g/mol. The first kappa shape index (κ1) is 21.4. The van der Waals surface area contributed by atoms with E-state index in [0.717, 1.165) is 17.7 Å². The Morgan fingerprint density at radius 2 is 2.00 bits per heavy atom. The van der Waals surface area contributed by atoms with Crippen molar-refractivity contribution in [1.29, 1.82) is 0 Å². The van der Waals surface area contributed by atoms with E-state index in [2.05, 4.69) is 29.1 Å². The minimum Gasteiger partial charge on any atom is -0.507 e. The fourth-order valence-corrected chi connectivity index (χ4v) is 5.21. The minimum absolute atomic E-state index is 0.0683. The van der Waals surface area contributed by atoms with Crippen LogP contribution >= 0.6 is 23.5 Å². The number of methoxy groups -OCH3 is 1. The maximum Gasteiger partial charge on any atom is 0.341 e. The molecular formula is C22H22O5S2. The van der Waals surface area contributed by atoms with E-state index in [4.69, 9.17) is 4.74 Å². The summed E-state index contributed by atoms with van der Waals surface area (Å²) in [5.74, 6) is 5.65. The lowest BCUT2D eigenvalue weighted by Gasteiger charge is -2.36. The van der Waals surface area contributed by atoms with Gasteiger partial charge in [0.1, 0.15) is 23.2 Å². The molecule has 29 heavy (non-hydrogen) atoms. The molecule has 152 valence electrons. The zero-order valence-corrected chi connectivity index (χ0v) is 18.0. The lowest BCUT2D eigenvalue weighted by atomic mass is 9.99. The molecule has 3 rings (SSSR count). The van der Waals surface area contributed by atoms with Crippen molar-refractivity contribution in [3.8, 4) is 23.3 Å². The molecule has 1 unspecified atom stereocenters. The van der Waals surface area contributed by atoms with Crippen LogP contribution in [0.1, 0.15) is 39.6 Å². The van der Waals surface area contributed by atoms with Gasteiger partial charge in [0.25, 0.3) is 0 Å². The smallest absolute Gasteiger partial charge is 0.341 e. The number of esters is 1. The molecule has 1 heterocycles. The average Bonchev–Trinajstić information content (AvgIpc) is 2.76. The molecule has 0 saturated carbocycles. The number of thioether (sulfide) groups is 2. The van der Waals surface area contributed by atoms with Crippen LogP contribution in [0.4, 0.5) is 0 Å². The first-order valence-corrected chi connectivity index (χ1v) is 11.4. The van der Waals surface area contributed by atoms with Crippen molar-refractivity contribution in [3.63, 3.8) is 0 Å². The fraction of sp³-hybridized carbons (Fsp3) is 0.318. The number of carbonyl (C=O) groups is 1. The fourth-order valence-electron chi connectivity index (χ4n) is 3.21. The maximum atomic E-state index is 11.5. The van der Waals surface area contributed by atoms with Crippen molar-refractivity contribution in [2.45, 2.75) is 16.6 Å². The van der Waals surface area contributed by atoms with E-state index >= 15 is 0 Å². The topological polar surface area (TPSA) is 76.0 Å². The molecule has 0 amide bonds. The second-order valence-corrected chi connectivity index (χ2v) is 8.88. The number of aliphatic hydroxyl groups excluding tert-OH is 1. The highest BCUT2D eigenvalue weighted by molar-refractivity contribution is 8.16. The summed E-state index contributed by atoms with van der Waals surface area (Å²) in [6, 6.07) is 10.1. The molecule has 0 spiro atoms. The lowest BCUT2D eigenvalue weighted by molar-refractivity contribution is 0.0597. The molecule has 0 radical (unpaired) electrons. The zero-order chi connectivity index (χ0) is 21.0. The van der Waals surface area contributed by atoms with E-state index in [1.165, 1.54) is 19.2 Å². The first-order chi connectivity index (χ1) is 13.9. The zero-order valence-electron chi connectivity index (χ0n) is 16.4. The van der Waals surface area contributed by atoms with Gasteiger partial charge in [0.05, 0.1) is 17.8 Å². The number of carbonyl (C=O) groups excluding carboxylic acids is 1. The van der Waals surface area contributed by atoms with Gasteiger partial charge in [0.15, 0.2) is 0 Å². The number of benzene rings is 2. The number of hydrogen-bond donors (Lipinski definition) is 2. The molecule has 1 aliphatic rings. The van der Waals surface area contributed by atoms with Gasteiger partial charge in [-0.25, -0.2) is 4.79 Å². The second-order valence-electron chi connectivity index (χ2n) is 6.41. The summed E-state index contributed by atoms with van der Waals surface area (Å²) in [4.78, 5) is 11.5. The first-order valence-electron chi connectivity index (χ1n) is 8.92. The number of fused-ring (bicyclic) bond motifs is 1. The predicted octanol–water partition coefficient (Wildman–Crippen LogP) is 3.93. The number of aliphatic hydroxyl groups is 1. The average molecular weight is 431 g/mol. The van der Waals surface area contributed by atoms with E-state index in [1.807, 2.05) is 18.2 Å². The summed E-state index contributed by atoms with van der Waals surface area (Å²) in [7, 11) is 1.25. The van der Waals surface area contributed by atoms with Crippen molar-refractivity contribution < 1.29 is 24.5 Å². The number of ether oxygens (including phenoxy) is 2. The second kappa shape index (κ2) is 9.04.